The quantitative estimate of drug-likeness (QED) is 0.620. The fourth-order valence-electron chi connectivity index (χ4n) is 1.97. The minimum atomic E-state index is -0.222. The summed E-state index contributed by atoms with van der Waals surface area (Å²) in [6.45, 7) is 2.03. The van der Waals surface area contributed by atoms with Crippen molar-refractivity contribution < 1.29 is 0 Å². The maximum Gasteiger partial charge on any atom is 0.0736 e. The second kappa shape index (κ2) is 6.25. The van der Waals surface area contributed by atoms with E-state index < -0.39 is 0 Å². The first-order valence-electron chi connectivity index (χ1n) is 5.70. The molecule has 1 unspecified atom stereocenters. The molecular weight excluding hydrogens is 347 g/mol. The molecule has 3 N–H and O–H groups in total. The van der Waals surface area contributed by atoms with Crippen molar-refractivity contribution in [1.29, 1.82) is 0 Å². The molecule has 19 heavy (non-hydrogen) atoms. The average Bonchev–Trinajstić information content (AvgIpc) is 2.39. The lowest BCUT2D eigenvalue weighted by Crippen LogP contribution is -2.29. The van der Waals surface area contributed by atoms with Crippen molar-refractivity contribution in [3.05, 3.63) is 67.6 Å². The first-order chi connectivity index (χ1) is 9.04. The van der Waals surface area contributed by atoms with E-state index in [2.05, 4.69) is 27.4 Å². The highest BCUT2D eigenvalue weighted by molar-refractivity contribution is 9.10. The number of halogens is 3. The van der Waals surface area contributed by atoms with Crippen LogP contribution in [-0.4, -0.2) is 0 Å². The predicted octanol–water partition coefficient (Wildman–Crippen LogP) is 4.62. The molecule has 0 aliphatic carbocycles. The van der Waals surface area contributed by atoms with Crippen LogP contribution in [0.3, 0.4) is 0 Å². The molecular formula is C14H13BrCl2N2. The first kappa shape index (κ1) is 14.8. The molecule has 1 atom stereocenters. The molecule has 0 radical (unpaired) electrons. The zero-order valence-electron chi connectivity index (χ0n) is 10.3. The third-order valence-corrected chi connectivity index (χ3v) is 4.48. The summed E-state index contributed by atoms with van der Waals surface area (Å²) in [5.41, 5.74) is 5.82. The Bertz CT molecular complexity index is 600. The fourth-order valence-corrected chi connectivity index (χ4v) is 2.87. The van der Waals surface area contributed by atoms with Gasteiger partial charge in [-0.2, -0.15) is 0 Å². The normalized spacial score (nSPS) is 12.5. The van der Waals surface area contributed by atoms with Gasteiger partial charge in [0, 0.05) is 4.47 Å². The van der Waals surface area contributed by atoms with Gasteiger partial charge in [0.25, 0.3) is 0 Å². The van der Waals surface area contributed by atoms with Crippen molar-refractivity contribution in [3.8, 4) is 0 Å². The summed E-state index contributed by atoms with van der Waals surface area (Å²) in [6.07, 6.45) is 0. The van der Waals surface area contributed by atoms with E-state index in [0.717, 1.165) is 21.2 Å². The Labute approximate surface area is 131 Å². The summed E-state index contributed by atoms with van der Waals surface area (Å²) in [5, 5.41) is 1.03. The number of hydrogen-bond acceptors (Lipinski definition) is 2. The lowest BCUT2D eigenvalue weighted by Gasteiger charge is -2.20. The van der Waals surface area contributed by atoms with E-state index in [0.29, 0.717) is 10.0 Å². The van der Waals surface area contributed by atoms with Gasteiger partial charge in [-0.25, -0.2) is 5.43 Å². The Balaban J connectivity index is 2.56. The smallest absolute Gasteiger partial charge is 0.0736 e. The van der Waals surface area contributed by atoms with Gasteiger partial charge < -0.3 is 0 Å². The van der Waals surface area contributed by atoms with Gasteiger partial charge in [0.2, 0.25) is 0 Å². The van der Waals surface area contributed by atoms with Gasteiger partial charge >= 0.3 is 0 Å². The summed E-state index contributed by atoms with van der Waals surface area (Å²) < 4.78 is 0.970. The van der Waals surface area contributed by atoms with E-state index in [1.54, 1.807) is 6.07 Å². The molecule has 0 aromatic heterocycles. The molecule has 0 bridgehead atoms. The monoisotopic (exact) mass is 358 g/mol. The standard InChI is InChI=1S/C14H13BrCl2N2/c1-8-5-6-11(15)10(7-8)14(19-18)9-3-2-4-12(16)13(9)17/h2-7,14,19H,18H2,1H3. The number of hydrazine groups is 1. The summed E-state index contributed by atoms with van der Waals surface area (Å²) in [4.78, 5) is 0. The molecule has 0 fully saturated rings. The van der Waals surface area contributed by atoms with Gasteiger partial charge in [-0.1, -0.05) is 69.0 Å². The van der Waals surface area contributed by atoms with Crippen molar-refractivity contribution in [2.24, 2.45) is 5.84 Å². The zero-order valence-corrected chi connectivity index (χ0v) is 13.4. The van der Waals surface area contributed by atoms with Crippen molar-refractivity contribution in [3.63, 3.8) is 0 Å². The van der Waals surface area contributed by atoms with Gasteiger partial charge in [0.1, 0.15) is 0 Å². The van der Waals surface area contributed by atoms with Crippen molar-refractivity contribution in [2.45, 2.75) is 13.0 Å². The Morgan fingerprint density at radius 2 is 1.89 bits per heavy atom. The Morgan fingerprint density at radius 3 is 2.58 bits per heavy atom. The molecule has 0 spiro atoms. The van der Waals surface area contributed by atoms with E-state index in [1.165, 1.54) is 0 Å². The Kier molecular flexibility index (Phi) is 4.87. The molecule has 0 heterocycles. The fraction of sp³-hybridized carbons (Fsp3) is 0.143. The topological polar surface area (TPSA) is 38.0 Å². The predicted molar refractivity (Wildman–Crippen MR) is 84.5 cm³/mol. The maximum atomic E-state index is 6.27. The molecule has 2 aromatic carbocycles. The average molecular weight is 360 g/mol. The van der Waals surface area contributed by atoms with E-state index >= 15 is 0 Å². The molecule has 0 aliphatic heterocycles. The third-order valence-electron chi connectivity index (χ3n) is 2.92. The van der Waals surface area contributed by atoms with Crippen molar-refractivity contribution >= 4 is 39.1 Å². The van der Waals surface area contributed by atoms with E-state index in [4.69, 9.17) is 29.0 Å². The highest BCUT2D eigenvalue weighted by Crippen LogP contribution is 2.35. The summed E-state index contributed by atoms with van der Waals surface area (Å²) in [6, 6.07) is 11.4. The van der Waals surface area contributed by atoms with Crippen LogP contribution in [0.4, 0.5) is 0 Å². The van der Waals surface area contributed by atoms with Gasteiger partial charge in [0.05, 0.1) is 16.1 Å². The molecule has 2 rings (SSSR count). The highest BCUT2D eigenvalue weighted by atomic mass is 79.9. The van der Waals surface area contributed by atoms with Gasteiger partial charge in [0.15, 0.2) is 0 Å². The first-order valence-corrected chi connectivity index (χ1v) is 7.25. The van der Waals surface area contributed by atoms with Crippen LogP contribution in [0.15, 0.2) is 40.9 Å². The van der Waals surface area contributed by atoms with Crippen molar-refractivity contribution in [2.75, 3.05) is 0 Å². The number of hydrogen-bond donors (Lipinski definition) is 2. The molecule has 0 saturated carbocycles. The van der Waals surface area contributed by atoms with Crippen LogP contribution < -0.4 is 11.3 Å². The minimum absolute atomic E-state index is 0.222. The molecule has 2 aromatic rings. The van der Waals surface area contributed by atoms with Crippen molar-refractivity contribution in [1.82, 2.24) is 5.43 Å². The van der Waals surface area contributed by atoms with Gasteiger partial charge in [-0.3, -0.25) is 5.84 Å². The van der Waals surface area contributed by atoms with Gasteiger partial charge in [-0.05, 0) is 30.2 Å². The number of nitrogens with one attached hydrogen (secondary N) is 1. The number of rotatable bonds is 3. The number of aryl methyl sites for hydroxylation is 1. The van der Waals surface area contributed by atoms with Crippen LogP contribution in [0, 0.1) is 6.92 Å². The zero-order chi connectivity index (χ0) is 14.0. The Hall–Kier alpha value is -0.580. The van der Waals surface area contributed by atoms with Crippen LogP contribution in [-0.2, 0) is 0 Å². The number of benzene rings is 2. The molecule has 2 nitrogen and oxygen atoms in total. The van der Waals surface area contributed by atoms with Gasteiger partial charge in [-0.15, -0.1) is 0 Å². The SMILES string of the molecule is Cc1ccc(Br)c(C(NN)c2cccc(Cl)c2Cl)c1. The lowest BCUT2D eigenvalue weighted by atomic mass is 9.98. The van der Waals surface area contributed by atoms with Crippen LogP contribution >= 0.6 is 39.1 Å². The highest BCUT2D eigenvalue weighted by Gasteiger charge is 2.19. The third kappa shape index (κ3) is 3.12. The largest absolute Gasteiger partial charge is 0.271 e. The van der Waals surface area contributed by atoms with E-state index in [-0.39, 0.29) is 6.04 Å². The molecule has 0 saturated heterocycles. The molecule has 5 heteroatoms. The maximum absolute atomic E-state index is 6.27. The molecule has 0 aliphatic rings. The second-order valence-corrected chi connectivity index (χ2v) is 5.91. The number of nitrogens with two attached hydrogens (primary N) is 1. The lowest BCUT2D eigenvalue weighted by molar-refractivity contribution is 0.634. The Morgan fingerprint density at radius 1 is 1.16 bits per heavy atom. The molecule has 100 valence electrons. The summed E-state index contributed by atoms with van der Waals surface area (Å²) in [5.74, 6) is 5.70. The van der Waals surface area contributed by atoms with Crippen LogP contribution in [0.25, 0.3) is 0 Å². The van der Waals surface area contributed by atoms with E-state index in [1.807, 2.05) is 31.2 Å². The van der Waals surface area contributed by atoms with Crippen LogP contribution in [0.2, 0.25) is 10.0 Å². The van der Waals surface area contributed by atoms with E-state index in [9.17, 15) is 0 Å². The molecule has 0 amide bonds. The van der Waals surface area contributed by atoms with Crippen LogP contribution in [0.5, 0.6) is 0 Å². The second-order valence-electron chi connectivity index (χ2n) is 4.27. The summed E-state index contributed by atoms with van der Waals surface area (Å²) >= 11 is 15.9. The van der Waals surface area contributed by atoms with Crippen LogP contribution in [0.1, 0.15) is 22.7 Å². The summed E-state index contributed by atoms with van der Waals surface area (Å²) in [7, 11) is 0. The minimum Gasteiger partial charge on any atom is -0.271 e.